The molecule has 0 spiro atoms. The first kappa shape index (κ1) is 19.5. The van der Waals surface area contributed by atoms with Crippen molar-refractivity contribution in [2.24, 2.45) is 0 Å². The number of aromatic hydroxyl groups is 1. The van der Waals surface area contributed by atoms with Crippen LogP contribution in [0.3, 0.4) is 0 Å². The van der Waals surface area contributed by atoms with Gasteiger partial charge in [-0.3, -0.25) is 4.79 Å². The van der Waals surface area contributed by atoms with Crippen molar-refractivity contribution in [3.63, 3.8) is 0 Å². The van der Waals surface area contributed by atoms with Crippen molar-refractivity contribution in [3.05, 3.63) is 54.6 Å². The van der Waals surface area contributed by atoms with Gasteiger partial charge >= 0.3 is 6.09 Å². The molecule has 0 bridgehead atoms. The van der Waals surface area contributed by atoms with Gasteiger partial charge in [0.15, 0.2) is 6.10 Å². The van der Waals surface area contributed by atoms with Gasteiger partial charge in [0.05, 0.1) is 0 Å². The third kappa shape index (κ3) is 5.39. The van der Waals surface area contributed by atoms with Crippen LogP contribution in [0.2, 0.25) is 0 Å². The highest BCUT2D eigenvalue weighted by Gasteiger charge is 2.28. The lowest BCUT2D eigenvalue weighted by atomic mass is 10.0. The Morgan fingerprint density at radius 2 is 1.68 bits per heavy atom. The number of rotatable bonds is 5. The van der Waals surface area contributed by atoms with Crippen molar-refractivity contribution in [2.45, 2.75) is 31.9 Å². The number of amides is 2. The fourth-order valence-electron chi connectivity index (χ4n) is 3.07. The Hall–Kier alpha value is -3.22. The van der Waals surface area contributed by atoms with E-state index in [1.807, 2.05) is 6.07 Å². The number of likely N-dealkylation sites (tertiary alicyclic amines) is 1. The lowest BCUT2D eigenvalue weighted by Crippen LogP contribution is -2.50. The smallest absolute Gasteiger partial charge is 0.412 e. The molecule has 1 aliphatic rings. The van der Waals surface area contributed by atoms with E-state index in [-0.39, 0.29) is 17.7 Å². The number of hydrogen-bond acceptors (Lipinski definition) is 5. The van der Waals surface area contributed by atoms with Crippen molar-refractivity contribution in [3.8, 4) is 17.2 Å². The molecule has 1 saturated heterocycles. The summed E-state index contributed by atoms with van der Waals surface area (Å²) in [7, 11) is 0. The van der Waals surface area contributed by atoms with Crippen LogP contribution in [0.5, 0.6) is 17.2 Å². The number of carbonyl (C=O) groups excluding carboxylic acids is 2. The molecule has 1 unspecified atom stereocenters. The van der Waals surface area contributed by atoms with E-state index >= 15 is 0 Å². The lowest BCUT2D eigenvalue weighted by Gasteiger charge is -2.33. The number of nitrogens with zero attached hydrogens (tertiary/aromatic N) is 1. The molecule has 2 N–H and O–H groups in total. The van der Waals surface area contributed by atoms with Gasteiger partial charge < -0.3 is 24.8 Å². The molecular formula is C21H24N2O5. The van der Waals surface area contributed by atoms with E-state index < -0.39 is 12.2 Å². The number of phenols is 1. The molecule has 0 aliphatic carbocycles. The number of hydrogen-bond donors (Lipinski definition) is 2. The molecule has 0 aromatic heterocycles. The Balaban J connectivity index is 1.43. The number of para-hydroxylation sites is 1. The summed E-state index contributed by atoms with van der Waals surface area (Å²) in [4.78, 5) is 26.3. The second-order valence-electron chi connectivity index (χ2n) is 6.70. The van der Waals surface area contributed by atoms with Gasteiger partial charge in [0.25, 0.3) is 5.91 Å². The van der Waals surface area contributed by atoms with Crippen LogP contribution in [0.4, 0.5) is 4.79 Å². The van der Waals surface area contributed by atoms with E-state index in [9.17, 15) is 14.7 Å². The topological polar surface area (TPSA) is 88.1 Å². The SMILES string of the molecule is CC(Oc1ccc(O)cc1)C(=O)N1CCC(NC(=O)Oc2ccccc2)CC1. The fraction of sp³-hybridized carbons (Fsp3) is 0.333. The predicted molar refractivity (Wildman–Crippen MR) is 103 cm³/mol. The zero-order valence-electron chi connectivity index (χ0n) is 15.7. The minimum absolute atomic E-state index is 0.0337. The highest BCUT2D eigenvalue weighted by molar-refractivity contribution is 5.81. The molecule has 0 radical (unpaired) electrons. The molecule has 7 heteroatoms. The van der Waals surface area contributed by atoms with Crippen LogP contribution in [-0.2, 0) is 4.79 Å². The lowest BCUT2D eigenvalue weighted by molar-refractivity contribution is -0.139. The van der Waals surface area contributed by atoms with Gasteiger partial charge in [-0.05, 0) is 56.2 Å². The zero-order chi connectivity index (χ0) is 19.9. The highest BCUT2D eigenvalue weighted by Crippen LogP contribution is 2.19. The van der Waals surface area contributed by atoms with Gasteiger partial charge in [0.2, 0.25) is 0 Å². The van der Waals surface area contributed by atoms with Crippen molar-refractivity contribution in [1.29, 1.82) is 0 Å². The normalized spacial score (nSPS) is 15.5. The van der Waals surface area contributed by atoms with Gasteiger partial charge in [-0.25, -0.2) is 4.79 Å². The predicted octanol–water partition coefficient (Wildman–Crippen LogP) is 2.94. The van der Waals surface area contributed by atoms with Crippen LogP contribution < -0.4 is 14.8 Å². The monoisotopic (exact) mass is 384 g/mol. The molecule has 2 amide bonds. The molecule has 0 saturated carbocycles. The van der Waals surface area contributed by atoms with Crippen molar-refractivity contribution < 1.29 is 24.2 Å². The van der Waals surface area contributed by atoms with Gasteiger partial charge in [-0.2, -0.15) is 0 Å². The van der Waals surface area contributed by atoms with E-state index in [4.69, 9.17) is 9.47 Å². The Labute approximate surface area is 163 Å². The summed E-state index contributed by atoms with van der Waals surface area (Å²) in [5, 5.41) is 12.2. The number of phenolic OH excluding ortho intramolecular Hbond substituents is 1. The summed E-state index contributed by atoms with van der Waals surface area (Å²) >= 11 is 0. The quantitative estimate of drug-likeness (QED) is 0.828. The van der Waals surface area contributed by atoms with Gasteiger partial charge in [0.1, 0.15) is 17.2 Å². The maximum absolute atomic E-state index is 12.6. The molecule has 2 aromatic carbocycles. The van der Waals surface area contributed by atoms with Gasteiger partial charge in [0, 0.05) is 19.1 Å². The summed E-state index contributed by atoms with van der Waals surface area (Å²) in [5.41, 5.74) is 0. The molecule has 1 fully saturated rings. The maximum Gasteiger partial charge on any atom is 0.412 e. The molecule has 1 atom stereocenters. The average Bonchev–Trinajstić information content (AvgIpc) is 2.70. The zero-order valence-corrected chi connectivity index (χ0v) is 15.7. The Morgan fingerprint density at radius 3 is 2.32 bits per heavy atom. The number of carbonyl (C=O) groups is 2. The second kappa shape index (κ2) is 9.12. The van der Waals surface area contributed by atoms with E-state index in [2.05, 4.69) is 5.32 Å². The van der Waals surface area contributed by atoms with E-state index in [1.54, 1.807) is 48.2 Å². The summed E-state index contributed by atoms with van der Waals surface area (Å²) < 4.78 is 10.9. The molecule has 1 aliphatic heterocycles. The van der Waals surface area contributed by atoms with Crippen LogP contribution in [0, 0.1) is 0 Å². The fourth-order valence-corrected chi connectivity index (χ4v) is 3.07. The van der Waals surface area contributed by atoms with Crippen LogP contribution in [0.15, 0.2) is 54.6 Å². The van der Waals surface area contributed by atoms with E-state index in [0.717, 1.165) is 0 Å². The van der Waals surface area contributed by atoms with Crippen LogP contribution >= 0.6 is 0 Å². The third-order valence-electron chi connectivity index (χ3n) is 4.58. The summed E-state index contributed by atoms with van der Waals surface area (Å²) in [6.07, 6.45) is 0.195. The molecule has 2 aromatic rings. The highest BCUT2D eigenvalue weighted by atomic mass is 16.6. The minimum Gasteiger partial charge on any atom is -0.508 e. The van der Waals surface area contributed by atoms with Gasteiger partial charge in [-0.15, -0.1) is 0 Å². The number of benzene rings is 2. The Kier molecular flexibility index (Phi) is 6.37. The average molecular weight is 384 g/mol. The number of nitrogens with one attached hydrogen (secondary N) is 1. The van der Waals surface area contributed by atoms with Gasteiger partial charge in [-0.1, -0.05) is 18.2 Å². The van der Waals surface area contributed by atoms with E-state index in [0.29, 0.717) is 37.4 Å². The molecule has 28 heavy (non-hydrogen) atoms. The molecular weight excluding hydrogens is 360 g/mol. The largest absolute Gasteiger partial charge is 0.508 e. The Morgan fingerprint density at radius 1 is 1.04 bits per heavy atom. The van der Waals surface area contributed by atoms with Crippen LogP contribution in [-0.4, -0.2) is 47.2 Å². The first-order chi connectivity index (χ1) is 13.5. The third-order valence-corrected chi connectivity index (χ3v) is 4.58. The first-order valence-corrected chi connectivity index (χ1v) is 9.29. The molecule has 148 valence electrons. The first-order valence-electron chi connectivity index (χ1n) is 9.29. The maximum atomic E-state index is 12.6. The van der Waals surface area contributed by atoms with Crippen molar-refractivity contribution in [2.75, 3.05) is 13.1 Å². The van der Waals surface area contributed by atoms with Crippen LogP contribution in [0.1, 0.15) is 19.8 Å². The second-order valence-corrected chi connectivity index (χ2v) is 6.70. The number of ether oxygens (including phenoxy) is 2. The molecule has 3 rings (SSSR count). The van der Waals surface area contributed by atoms with Crippen LogP contribution in [0.25, 0.3) is 0 Å². The van der Waals surface area contributed by atoms with E-state index in [1.165, 1.54) is 12.1 Å². The summed E-state index contributed by atoms with van der Waals surface area (Å²) in [6, 6.07) is 15.1. The molecule has 7 nitrogen and oxygen atoms in total. The Bertz CT molecular complexity index is 786. The number of piperidine rings is 1. The summed E-state index contributed by atoms with van der Waals surface area (Å²) in [5.74, 6) is 1.07. The van der Waals surface area contributed by atoms with Crippen molar-refractivity contribution >= 4 is 12.0 Å². The standard InChI is InChI=1S/C21H24N2O5/c1-15(27-19-9-7-17(24)8-10-19)20(25)23-13-11-16(12-14-23)22-21(26)28-18-5-3-2-4-6-18/h2-10,15-16,24H,11-14H2,1H3,(H,22,26). The minimum atomic E-state index is -0.628. The molecule has 1 heterocycles. The summed E-state index contributed by atoms with van der Waals surface area (Å²) in [6.45, 7) is 2.79. The van der Waals surface area contributed by atoms with Crippen molar-refractivity contribution in [1.82, 2.24) is 10.2 Å².